The van der Waals surface area contributed by atoms with Crippen LogP contribution in [0.1, 0.15) is 24.2 Å². The minimum Gasteiger partial charge on any atom is -0.487 e. The normalized spacial score (nSPS) is 11.7. The highest BCUT2D eigenvalue weighted by Crippen LogP contribution is 2.23. The molecule has 0 aliphatic rings. The number of thiocarbonyl (C=S) groups is 1. The van der Waals surface area contributed by atoms with Crippen LogP contribution in [-0.2, 0) is 6.61 Å². The molecule has 0 spiro atoms. The van der Waals surface area contributed by atoms with E-state index < -0.39 is 0 Å². The number of pyridine rings is 1. The highest BCUT2D eigenvalue weighted by atomic mass is 32.1. The Morgan fingerprint density at radius 3 is 2.95 bits per heavy atom. The van der Waals surface area contributed by atoms with Crippen LogP contribution >= 0.6 is 12.2 Å². The van der Waals surface area contributed by atoms with Crippen LogP contribution in [0, 0.1) is 5.82 Å². The fourth-order valence-electron chi connectivity index (χ4n) is 1.92. The smallest absolute Gasteiger partial charge is 0.164 e. The lowest BCUT2D eigenvalue weighted by Crippen LogP contribution is -2.32. The molecule has 0 radical (unpaired) electrons. The minimum atomic E-state index is -0.286. The molecule has 0 bridgehead atoms. The standard InChI is InChI=1S/C15H16FN3OS/c1-10(19-15(17)21)14-13(6-3-7-18-14)20-9-11-4-2-5-12(16)8-11/h2-8,10H,9H2,1H3,(H3,17,19,21). The largest absolute Gasteiger partial charge is 0.487 e. The second-order valence-electron chi connectivity index (χ2n) is 4.54. The molecule has 0 saturated heterocycles. The summed E-state index contributed by atoms with van der Waals surface area (Å²) < 4.78 is 18.9. The zero-order valence-corrected chi connectivity index (χ0v) is 12.4. The number of aromatic nitrogens is 1. The zero-order valence-electron chi connectivity index (χ0n) is 11.5. The van der Waals surface area contributed by atoms with Gasteiger partial charge >= 0.3 is 0 Å². The Morgan fingerprint density at radius 1 is 1.43 bits per heavy atom. The second kappa shape index (κ2) is 6.99. The third-order valence-electron chi connectivity index (χ3n) is 2.85. The number of benzene rings is 1. The number of nitrogens with two attached hydrogens (primary N) is 1. The van der Waals surface area contributed by atoms with Gasteiger partial charge in [-0.1, -0.05) is 12.1 Å². The molecule has 0 aliphatic heterocycles. The van der Waals surface area contributed by atoms with Crippen LogP contribution in [-0.4, -0.2) is 10.1 Å². The van der Waals surface area contributed by atoms with Crippen molar-refractivity contribution in [2.75, 3.05) is 0 Å². The van der Waals surface area contributed by atoms with Gasteiger partial charge in [-0.25, -0.2) is 4.39 Å². The van der Waals surface area contributed by atoms with Gasteiger partial charge in [0.2, 0.25) is 0 Å². The van der Waals surface area contributed by atoms with Gasteiger partial charge in [-0.05, 0) is 49.0 Å². The molecule has 3 N–H and O–H groups in total. The molecule has 1 aromatic heterocycles. The molecule has 0 saturated carbocycles. The van der Waals surface area contributed by atoms with Crippen molar-refractivity contribution in [3.8, 4) is 5.75 Å². The summed E-state index contributed by atoms with van der Waals surface area (Å²) in [6.07, 6.45) is 1.67. The van der Waals surface area contributed by atoms with Crippen molar-refractivity contribution in [3.63, 3.8) is 0 Å². The quantitative estimate of drug-likeness (QED) is 0.832. The van der Waals surface area contributed by atoms with Crippen molar-refractivity contribution < 1.29 is 9.13 Å². The molecule has 0 aliphatic carbocycles. The highest BCUT2D eigenvalue weighted by Gasteiger charge is 2.13. The summed E-state index contributed by atoms with van der Waals surface area (Å²) in [4.78, 5) is 4.28. The van der Waals surface area contributed by atoms with Gasteiger partial charge in [0.25, 0.3) is 0 Å². The topological polar surface area (TPSA) is 60.2 Å². The number of halogens is 1. The molecule has 110 valence electrons. The van der Waals surface area contributed by atoms with Crippen molar-refractivity contribution in [3.05, 3.63) is 59.7 Å². The van der Waals surface area contributed by atoms with Gasteiger partial charge in [-0.3, -0.25) is 4.98 Å². The first kappa shape index (κ1) is 15.2. The van der Waals surface area contributed by atoms with Crippen LogP contribution in [0.15, 0.2) is 42.6 Å². The van der Waals surface area contributed by atoms with E-state index in [4.69, 9.17) is 22.7 Å². The van der Waals surface area contributed by atoms with E-state index in [9.17, 15) is 4.39 Å². The van der Waals surface area contributed by atoms with Gasteiger partial charge in [0.05, 0.1) is 6.04 Å². The molecule has 6 heteroatoms. The zero-order chi connectivity index (χ0) is 15.2. The number of nitrogens with one attached hydrogen (secondary N) is 1. The fourth-order valence-corrected chi connectivity index (χ4v) is 2.10. The minimum absolute atomic E-state index is 0.175. The van der Waals surface area contributed by atoms with E-state index in [1.165, 1.54) is 12.1 Å². The van der Waals surface area contributed by atoms with Crippen LogP contribution in [0.3, 0.4) is 0 Å². The maximum atomic E-state index is 13.1. The maximum absolute atomic E-state index is 13.1. The van der Waals surface area contributed by atoms with Gasteiger partial charge in [-0.2, -0.15) is 0 Å². The van der Waals surface area contributed by atoms with Crippen molar-refractivity contribution in [1.82, 2.24) is 10.3 Å². The molecular formula is C15H16FN3OS. The van der Waals surface area contributed by atoms with E-state index in [0.717, 1.165) is 5.56 Å². The summed E-state index contributed by atoms with van der Waals surface area (Å²) in [6, 6.07) is 9.69. The van der Waals surface area contributed by atoms with Crippen LogP contribution in [0.4, 0.5) is 4.39 Å². The lowest BCUT2D eigenvalue weighted by atomic mass is 10.2. The van der Waals surface area contributed by atoms with E-state index >= 15 is 0 Å². The van der Waals surface area contributed by atoms with Crippen molar-refractivity contribution in [2.24, 2.45) is 5.73 Å². The summed E-state index contributed by atoms with van der Waals surface area (Å²) in [7, 11) is 0. The number of ether oxygens (including phenoxy) is 1. The Bertz CT molecular complexity index is 636. The Kier molecular flexibility index (Phi) is 5.05. The van der Waals surface area contributed by atoms with Gasteiger partial charge in [0, 0.05) is 6.20 Å². The third kappa shape index (κ3) is 4.39. The number of nitrogens with zero attached hydrogens (tertiary/aromatic N) is 1. The van der Waals surface area contributed by atoms with E-state index in [0.29, 0.717) is 11.4 Å². The van der Waals surface area contributed by atoms with Crippen LogP contribution < -0.4 is 15.8 Å². The Morgan fingerprint density at radius 2 is 2.24 bits per heavy atom. The maximum Gasteiger partial charge on any atom is 0.164 e. The second-order valence-corrected chi connectivity index (χ2v) is 4.98. The average molecular weight is 305 g/mol. The van der Waals surface area contributed by atoms with Gasteiger partial charge in [-0.15, -0.1) is 0 Å². The van der Waals surface area contributed by atoms with Crippen LogP contribution in [0.2, 0.25) is 0 Å². The summed E-state index contributed by atoms with van der Waals surface area (Å²) in [5.74, 6) is 0.323. The molecule has 0 amide bonds. The Hall–Kier alpha value is -2.21. The molecule has 21 heavy (non-hydrogen) atoms. The fraction of sp³-hybridized carbons (Fsp3) is 0.200. The number of hydrogen-bond acceptors (Lipinski definition) is 3. The van der Waals surface area contributed by atoms with Crippen molar-refractivity contribution >= 4 is 17.3 Å². The van der Waals surface area contributed by atoms with Gasteiger partial charge in [0.15, 0.2) is 5.11 Å². The van der Waals surface area contributed by atoms with Gasteiger partial charge in [0.1, 0.15) is 23.9 Å². The molecule has 1 aromatic carbocycles. The molecule has 0 fully saturated rings. The predicted octanol–water partition coefficient (Wildman–Crippen LogP) is 2.69. The van der Waals surface area contributed by atoms with E-state index in [1.54, 1.807) is 30.5 Å². The first-order valence-corrected chi connectivity index (χ1v) is 6.85. The molecule has 1 heterocycles. The highest BCUT2D eigenvalue weighted by molar-refractivity contribution is 7.80. The lowest BCUT2D eigenvalue weighted by Gasteiger charge is -2.17. The first-order chi connectivity index (χ1) is 10.1. The Balaban J connectivity index is 2.11. The molecule has 1 atom stereocenters. The van der Waals surface area contributed by atoms with Crippen molar-refractivity contribution in [1.29, 1.82) is 0 Å². The third-order valence-corrected chi connectivity index (χ3v) is 2.97. The summed E-state index contributed by atoms with van der Waals surface area (Å²) in [5.41, 5.74) is 6.92. The van der Waals surface area contributed by atoms with E-state index in [-0.39, 0.29) is 23.6 Å². The Labute approximate surface area is 128 Å². The summed E-state index contributed by atoms with van der Waals surface area (Å²) in [6.45, 7) is 2.15. The first-order valence-electron chi connectivity index (χ1n) is 6.44. The molecule has 2 aromatic rings. The summed E-state index contributed by atoms with van der Waals surface area (Å²) in [5, 5.41) is 3.11. The van der Waals surface area contributed by atoms with Gasteiger partial charge < -0.3 is 15.8 Å². The van der Waals surface area contributed by atoms with Crippen molar-refractivity contribution in [2.45, 2.75) is 19.6 Å². The lowest BCUT2D eigenvalue weighted by molar-refractivity contribution is 0.298. The monoisotopic (exact) mass is 305 g/mol. The van der Waals surface area contributed by atoms with Crippen LogP contribution in [0.25, 0.3) is 0 Å². The number of hydrogen-bond donors (Lipinski definition) is 2. The van der Waals surface area contributed by atoms with Crippen LogP contribution in [0.5, 0.6) is 5.75 Å². The summed E-state index contributed by atoms with van der Waals surface area (Å²) >= 11 is 4.83. The molecule has 2 rings (SSSR count). The van der Waals surface area contributed by atoms with E-state index in [1.807, 2.05) is 6.92 Å². The van der Waals surface area contributed by atoms with E-state index in [2.05, 4.69) is 10.3 Å². The predicted molar refractivity (Wildman–Crippen MR) is 83.3 cm³/mol. The molecule has 4 nitrogen and oxygen atoms in total. The molecular weight excluding hydrogens is 289 g/mol. The number of rotatable bonds is 5. The SMILES string of the molecule is CC(NC(N)=S)c1ncccc1OCc1cccc(F)c1. The average Bonchev–Trinajstić information content (AvgIpc) is 2.45. The molecule has 1 unspecified atom stereocenters.